The molecular formula is C25H18ClFN4OS. The van der Waals surface area contributed by atoms with Crippen LogP contribution in [0.2, 0.25) is 5.02 Å². The topological polar surface area (TPSA) is 52.0 Å². The van der Waals surface area contributed by atoms with E-state index >= 15 is 4.39 Å². The smallest absolute Gasteiger partial charge is 0.227 e. The van der Waals surface area contributed by atoms with Gasteiger partial charge >= 0.3 is 0 Å². The molecule has 2 atom stereocenters. The van der Waals surface area contributed by atoms with Crippen molar-refractivity contribution in [3.63, 3.8) is 0 Å². The van der Waals surface area contributed by atoms with Gasteiger partial charge in [0, 0.05) is 21.7 Å². The van der Waals surface area contributed by atoms with Crippen molar-refractivity contribution in [2.75, 3.05) is 11.6 Å². The largest absolute Gasteiger partial charge is 0.480 e. The average molecular weight is 477 g/mol. The summed E-state index contributed by atoms with van der Waals surface area (Å²) < 4.78 is 23.5. The minimum absolute atomic E-state index is 0.313. The van der Waals surface area contributed by atoms with Gasteiger partial charge < -0.3 is 10.1 Å². The van der Waals surface area contributed by atoms with E-state index in [-0.39, 0.29) is 5.82 Å². The van der Waals surface area contributed by atoms with Gasteiger partial charge in [-0.1, -0.05) is 71.9 Å². The van der Waals surface area contributed by atoms with Gasteiger partial charge in [-0.05, 0) is 36.1 Å². The van der Waals surface area contributed by atoms with E-state index in [0.717, 1.165) is 22.4 Å². The number of benzene rings is 3. The van der Waals surface area contributed by atoms with Crippen molar-refractivity contribution in [2.45, 2.75) is 17.3 Å². The normalized spacial score (nSPS) is 18.6. The second-order valence-corrected chi connectivity index (χ2v) is 9.00. The highest BCUT2D eigenvalue weighted by Crippen LogP contribution is 2.51. The van der Waals surface area contributed by atoms with Crippen LogP contribution < -0.4 is 10.1 Å². The SMILES string of the molecule is CSc1nc2n(n1)[C@H](c1ccccc1F)C1=C(N2)c2cc(Cl)ccc2O[C@H]1c1ccccc1. The third-order valence-electron chi connectivity index (χ3n) is 5.90. The standard InChI is InChI=1S/C25H18ClFN4OS/c1-33-25-29-24-28-21-17-13-15(26)11-12-19(17)32-23(14-7-3-2-4-8-14)20(21)22(31(24)30-25)16-9-5-6-10-18(16)27/h2-13,22-23H,1H3,(H,28,29,30)/t22-,23+/m1/s1. The fourth-order valence-corrected chi connectivity index (χ4v) is 4.99. The van der Waals surface area contributed by atoms with Gasteiger partial charge in [-0.25, -0.2) is 9.07 Å². The Labute approximate surface area is 199 Å². The van der Waals surface area contributed by atoms with Crippen LogP contribution in [-0.4, -0.2) is 21.0 Å². The summed E-state index contributed by atoms with van der Waals surface area (Å²) in [5.41, 5.74) is 3.94. The number of halogens is 2. The summed E-state index contributed by atoms with van der Waals surface area (Å²) in [5, 5.41) is 9.32. The lowest BCUT2D eigenvalue weighted by molar-refractivity contribution is 0.222. The van der Waals surface area contributed by atoms with E-state index in [1.165, 1.54) is 17.8 Å². The van der Waals surface area contributed by atoms with Crippen LogP contribution in [0, 0.1) is 5.82 Å². The fourth-order valence-electron chi connectivity index (χ4n) is 4.47. The zero-order chi connectivity index (χ0) is 22.5. The first-order chi connectivity index (χ1) is 16.1. The van der Waals surface area contributed by atoms with Gasteiger partial charge in [-0.2, -0.15) is 4.98 Å². The number of aromatic nitrogens is 3. The van der Waals surface area contributed by atoms with Crippen molar-refractivity contribution in [3.8, 4) is 5.75 Å². The molecule has 164 valence electrons. The quantitative estimate of drug-likeness (QED) is 0.349. The number of nitrogens with one attached hydrogen (secondary N) is 1. The lowest BCUT2D eigenvalue weighted by Crippen LogP contribution is -2.32. The molecule has 0 spiro atoms. The summed E-state index contributed by atoms with van der Waals surface area (Å²) in [7, 11) is 0. The molecule has 3 aromatic carbocycles. The molecule has 1 N–H and O–H groups in total. The molecule has 0 unspecified atom stereocenters. The van der Waals surface area contributed by atoms with Crippen molar-refractivity contribution in [3.05, 3.63) is 106 Å². The first kappa shape index (κ1) is 20.3. The van der Waals surface area contributed by atoms with E-state index in [4.69, 9.17) is 16.3 Å². The minimum atomic E-state index is -0.553. The van der Waals surface area contributed by atoms with E-state index in [9.17, 15) is 0 Å². The molecule has 1 aromatic heterocycles. The molecule has 0 aliphatic carbocycles. The van der Waals surface area contributed by atoms with Crippen LogP contribution in [0.15, 0.2) is 83.5 Å². The number of rotatable bonds is 3. The van der Waals surface area contributed by atoms with E-state index in [1.54, 1.807) is 22.9 Å². The summed E-state index contributed by atoms with van der Waals surface area (Å²) in [6.07, 6.45) is 1.46. The summed E-state index contributed by atoms with van der Waals surface area (Å²) in [6.45, 7) is 0. The highest BCUT2D eigenvalue weighted by Gasteiger charge is 2.42. The lowest BCUT2D eigenvalue weighted by Gasteiger charge is -2.39. The number of hydrogen-bond acceptors (Lipinski definition) is 5. The van der Waals surface area contributed by atoms with Crippen molar-refractivity contribution in [1.82, 2.24) is 14.8 Å². The second kappa shape index (κ2) is 7.93. The zero-order valence-electron chi connectivity index (χ0n) is 17.5. The molecule has 3 heterocycles. The van der Waals surface area contributed by atoms with E-state index in [1.807, 2.05) is 54.8 Å². The van der Waals surface area contributed by atoms with Crippen LogP contribution in [0.4, 0.5) is 10.3 Å². The van der Waals surface area contributed by atoms with Gasteiger partial charge in [0.15, 0.2) is 0 Å². The highest BCUT2D eigenvalue weighted by molar-refractivity contribution is 7.98. The van der Waals surface area contributed by atoms with Gasteiger partial charge in [-0.3, -0.25) is 0 Å². The first-order valence-electron chi connectivity index (χ1n) is 10.4. The highest BCUT2D eigenvalue weighted by atomic mass is 35.5. The number of anilines is 1. The van der Waals surface area contributed by atoms with Crippen LogP contribution >= 0.6 is 23.4 Å². The van der Waals surface area contributed by atoms with Crippen LogP contribution in [0.3, 0.4) is 0 Å². The van der Waals surface area contributed by atoms with Crippen LogP contribution in [0.5, 0.6) is 5.75 Å². The Morgan fingerprint density at radius 3 is 2.64 bits per heavy atom. The zero-order valence-corrected chi connectivity index (χ0v) is 19.1. The fraction of sp³-hybridized carbons (Fsp3) is 0.120. The van der Waals surface area contributed by atoms with Gasteiger partial charge in [0.05, 0.1) is 5.70 Å². The average Bonchev–Trinajstić information content (AvgIpc) is 3.26. The summed E-state index contributed by atoms with van der Waals surface area (Å²) in [4.78, 5) is 4.63. The van der Waals surface area contributed by atoms with Gasteiger partial charge in [-0.15, -0.1) is 5.10 Å². The van der Waals surface area contributed by atoms with Gasteiger partial charge in [0.2, 0.25) is 11.1 Å². The Balaban J connectivity index is 1.67. The van der Waals surface area contributed by atoms with Gasteiger partial charge in [0.25, 0.3) is 0 Å². The molecule has 0 bridgehead atoms. The molecule has 0 saturated carbocycles. The molecule has 2 aliphatic rings. The number of fused-ring (bicyclic) bond motifs is 3. The van der Waals surface area contributed by atoms with Crippen molar-refractivity contribution >= 4 is 35.0 Å². The minimum Gasteiger partial charge on any atom is -0.480 e. The first-order valence-corrected chi connectivity index (χ1v) is 12.0. The van der Waals surface area contributed by atoms with Crippen molar-refractivity contribution in [1.29, 1.82) is 0 Å². The predicted molar refractivity (Wildman–Crippen MR) is 128 cm³/mol. The second-order valence-electron chi connectivity index (χ2n) is 7.80. The maximum absolute atomic E-state index is 15.2. The number of thioether (sulfide) groups is 1. The molecule has 2 aliphatic heterocycles. The summed E-state index contributed by atoms with van der Waals surface area (Å²) in [5.74, 6) is 0.933. The van der Waals surface area contributed by atoms with Crippen molar-refractivity contribution < 1.29 is 9.13 Å². The Bertz CT molecular complexity index is 1400. The van der Waals surface area contributed by atoms with E-state index in [0.29, 0.717) is 27.4 Å². The van der Waals surface area contributed by atoms with Crippen molar-refractivity contribution in [2.24, 2.45) is 0 Å². The van der Waals surface area contributed by atoms with Gasteiger partial charge in [0.1, 0.15) is 23.7 Å². The maximum Gasteiger partial charge on any atom is 0.227 e. The summed E-state index contributed by atoms with van der Waals surface area (Å²) >= 11 is 7.80. The molecule has 0 saturated heterocycles. The Hall–Kier alpha value is -3.29. The molecular weight excluding hydrogens is 459 g/mol. The predicted octanol–water partition coefficient (Wildman–Crippen LogP) is 6.35. The number of hydrogen-bond donors (Lipinski definition) is 1. The lowest BCUT2D eigenvalue weighted by atomic mass is 9.84. The third kappa shape index (κ3) is 3.31. The molecule has 5 nitrogen and oxygen atoms in total. The molecule has 0 amide bonds. The molecule has 33 heavy (non-hydrogen) atoms. The van der Waals surface area contributed by atoms with Crippen LogP contribution in [0.25, 0.3) is 5.70 Å². The Kier molecular flexibility index (Phi) is 4.89. The Morgan fingerprint density at radius 1 is 1.06 bits per heavy atom. The summed E-state index contributed by atoms with van der Waals surface area (Å²) in [6, 6.07) is 21.7. The molecule has 8 heteroatoms. The maximum atomic E-state index is 15.2. The van der Waals surface area contributed by atoms with Crippen LogP contribution in [0.1, 0.15) is 28.8 Å². The van der Waals surface area contributed by atoms with Crippen LogP contribution in [-0.2, 0) is 0 Å². The molecule has 0 fully saturated rings. The number of nitrogens with zero attached hydrogens (tertiary/aromatic N) is 3. The Morgan fingerprint density at radius 2 is 1.85 bits per heavy atom. The van der Waals surface area contributed by atoms with E-state index < -0.39 is 12.1 Å². The monoisotopic (exact) mass is 476 g/mol. The number of ether oxygens (including phenoxy) is 1. The van der Waals surface area contributed by atoms with E-state index in [2.05, 4.69) is 15.4 Å². The molecule has 6 rings (SSSR count). The third-order valence-corrected chi connectivity index (χ3v) is 6.67. The molecule has 0 radical (unpaired) electrons. The molecule has 4 aromatic rings.